The van der Waals surface area contributed by atoms with E-state index >= 15 is 0 Å². The Morgan fingerprint density at radius 1 is 1.06 bits per heavy atom. The van der Waals surface area contributed by atoms with Crippen molar-refractivity contribution in [1.29, 1.82) is 0 Å². The first-order valence-electron chi connectivity index (χ1n) is 7.23. The van der Waals surface area contributed by atoms with Crippen LogP contribution in [0.25, 0.3) is 0 Å². The number of nitrogens with one attached hydrogen (secondary N) is 1. The standard InChI is InChI=1S/C14H28N2/c1-3-12-4-8-14(9-5-12)16(2)11-10-15-13-6-7-13/h12-15H,3-11H2,1-2H3. The molecule has 0 atom stereocenters. The normalized spacial score (nSPS) is 30.9. The van der Waals surface area contributed by atoms with Crippen molar-refractivity contribution in [3.05, 3.63) is 0 Å². The van der Waals surface area contributed by atoms with E-state index in [0.29, 0.717) is 0 Å². The fourth-order valence-electron chi connectivity index (χ4n) is 2.91. The predicted octanol–water partition coefficient (Wildman–Crippen LogP) is 2.64. The van der Waals surface area contributed by atoms with Crippen molar-refractivity contribution in [1.82, 2.24) is 10.2 Å². The van der Waals surface area contributed by atoms with E-state index in [9.17, 15) is 0 Å². The summed E-state index contributed by atoms with van der Waals surface area (Å²) in [6.45, 7) is 4.76. The molecule has 0 amide bonds. The second-order valence-corrected chi connectivity index (χ2v) is 5.79. The molecule has 2 heteroatoms. The zero-order valence-corrected chi connectivity index (χ0v) is 11.0. The highest BCUT2D eigenvalue weighted by Crippen LogP contribution is 2.28. The van der Waals surface area contributed by atoms with E-state index in [-0.39, 0.29) is 0 Å². The molecule has 0 bridgehead atoms. The van der Waals surface area contributed by atoms with E-state index < -0.39 is 0 Å². The number of rotatable bonds is 6. The van der Waals surface area contributed by atoms with Gasteiger partial charge in [-0.3, -0.25) is 0 Å². The smallest absolute Gasteiger partial charge is 0.0107 e. The highest BCUT2D eigenvalue weighted by atomic mass is 15.1. The molecule has 2 rings (SSSR count). The summed E-state index contributed by atoms with van der Waals surface area (Å²) in [5.74, 6) is 1.02. The van der Waals surface area contributed by atoms with Gasteiger partial charge in [0.05, 0.1) is 0 Å². The minimum atomic E-state index is 0.865. The first-order chi connectivity index (χ1) is 7.79. The van der Waals surface area contributed by atoms with Crippen LogP contribution < -0.4 is 5.32 Å². The molecule has 2 aliphatic rings. The fraction of sp³-hybridized carbons (Fsp3) is 1.00. The van der Waals surface area contributed by atoms with Crippen LogP contribution in [0, 0.1) is 5.92 Å². The van der Waals surface area contributed by atoms with Gasteiger partial charge in [0.1, 0.15) is 0 Å². The third-order valence-electron chi connectivity index (χ3n) is 4.49. The van der Waals surface area contributed by atoms with E-state index in [1.165, 1.54) is 58.0 Å². The minimum absolute atomic E-state index is 0.865. The lowest BCUT2D eigenvalue weighted by Crippen LogP contribution is -2.39. The monoisotopic (exact) mass is 224 g/mol. The Morgan fingerprint density at radius 2 is 1.75 bits per heavy atom. The molecule has 2 nitrogen and oxygen atoms in total. The van der Waals surface area contributed by atoms with Gasteiger partial charge in [0.15, 0.2) is 0 Å². The average molecular weight is 224 g/mol. The minimum Gasteiger partial charge on any atom is -0.313 e. The van der Waals surface area contributed by atoms with Crippen molar-refractivity contribution < 1.29 is 0 Å². The zero-order chi connectivity index (χ0) is 11.4. The quantitative estimate of drug-likeness (QED) is 0.746. The van der Waals surface area contributed by atoms with Gasteiger partial charge in [0.25, 0.3) is 0 Å². The van der Waals surface area contributed by atoms with Crippen molar-refractivity contribution in [3.63, 3.8) is 0 Å². The van der Waals surface area contributed by atoms with Crippen molar-refractivity contribution >= 4 is 0 Å². The summed E-state index contributed by atoms with van der Waals surface area (Å²) in [5.41, 5.74) is 0. The van der Waals surface area contributed by atoms with Gasteiger partial charge in [-0.15, -0.1) is 0 Å². The summed E-state index contributed by atoms with van der Waals surface area (Å²) in [6.07, 6.45) is 9.98. The molecule has 0 radical (unpaired) electrons. The molecule has 94 valence electrons. The molecule has 0 aromatic rings. The topological polar surface area (TPSA) is 15.3 Å². The zero-order valence-electron chi connectivity index (χ0n) is 11.0. The van der Waals surface area contributed by atoms with Crippen LogP contribution in [0.2, 0.25) is 0 Å². The first kappa shape index (κ1) is 12.4. The predicted molar refractivity (Wildman–Crippen MR) is 69.7 cm³/mol. The van der Waals surface area contributed by atoms with Crippen LogP contribution >= 0.6 is 0 Å². The van der Waals surface area contributed by atoms with Gasteiger partial charge in [-0.2, -0.15) is 0 Å². The maximum Gasteiger partial charge on any atom is 0.0107 e. The molecule has 0 aromatic heterocycles. The van der Waals surface area contributed by atoms with Gasteiger partial charge < -0.3 is 10.2 Å². The number of nitrogens with zero attached hydrogens (tertiary/aromatic N) is 1. The molecule has 2 saturated carbocycles. The highest BCUT2D eigenvalue weighted by Gasteiger charge is 2.24. The molecule has 0 heterocycles. The van der Waals surface area contributed by atoms with E-state index in [4.69, 9.17) is 0 Å². The molecular formula is C14H28N2. The molecule has 16 heavy (non-hydrogen) atoms. The summed E-state index contributed by atoms with van der Waals surface area (Å²) in [6, 6.07) is 1.73. The highest BCUT2D eigenvalue weighted by molar-refractivity contribution is 4.82. The van der Waals surface area contributed by atoms with Crippen molar-refractivity contribution in [2.75, 3.05) is 20.1 Å². The maximum absolute atomic E-state index is 3.60. The van der Waals surface area contributed by atoms with Crippen LogP contribution in [-0.4, -0.2) is 37.1 Å². The van der Waals surface area contributed by atoms with Gasteiger partial charge in [0.2, 0.25) is 0 Å². The Morgan fingerprint density at radius 3 is 2.31 bits per heavy atom. The van der Waals surface area contributed by atoms with Gasteiger partial charge >= 0.3 is 0 Å². The van der Waals surface area contributed by atoms with Crippen LogP contribution in [0.4, 0.5) is 0 Å². The van der Waals surface area contributed by atoms with Crippen LogP contribution in [0.5, 0.6) is 0 Å². The molecule has 0 saturated heterocycles. The molecule has 2 fully saturated rings. The van der Waals surface area contributed by atoms with Crippen molar-refractivity contribution in [3.8, 4) is 0 Å². The summed E-state index contributed by atoms with van der Waals surface area (Å²) in [4.78, 5) is 2.58. The third-order valence-corrected chi connectivity index (χ3v) is 4.49. The molecule has 0 spiro atoms. The van der Waals surface area contributed by atoms with Crippen LogP contribution in [0.1, 0.15) is 51.9 Å². The third kappa shape index (κ3) is 3.74. The van der Waals surface area contributed by atoms with Gasteiger partial charge in [-0.05, 0) is 51.5 Å². The Kier molecular flexibility index (Phi) is 4.66. The molecule has 1 N–H and O–H groups in total. The maximum atomic E-state index is 3.60. The fourth-order valence-corrected chi connectivity index (χ4v) is 2.91. The number of likely N-dealkylation sites (N-methyl/N-ethyl adjacent to an activating group) is 1. The van der Waals surface area contributed by atoms with E-state index in [2.05, 4.69) is 24.2 Å². The second kappa shape index (κ2) is 6.02. The average Bonchev–Trinajstić information content (AvgIpc) is 3.13. The van der Waals surface area contributed by atoms with E-state index in [1.807, 2.05) is 0 Å². The van der Waals surface area contributed by atoms with Gasteiger partial charge in [-0.1, -0.05) is 13.3 Å². The Balaban J connectivity index is 1.59. The van der Waals surface area contributed by atoms with Crippen molar-refractivity contribution in [2.24, 2.45) is 5.92 Å². The lowest BCUT2D eigenvalue weighted by Gasteiger charge is -2.34. The molecular weight excluding hydrogens is 196 g/mol. The number of hydrogen-bond acceptors (Lipinski definition) is 2. The van der Waals surface area contributed by atoms with Crippen LogP contribution in [0.15, 0.2) is 0 Å². The molecule has 0 aromatic carbocycles. The Bertz CT molecular complexity index is 193. The summed E-state index contributed by atoms with van der Waals surface area (Å²) in [7, 11) is 2.31. The molecule has 2 aliphatic carbocycles. The largest absolute Gasteiger partial charge is 0.313 e. The van der Waals surface area contributed by atoms with Gasteiger partial charge in [0, 0.05) is 25.2 Å². The molecule has 0 aliphatic heterocycles. The SMILES string of the molecule is CCC1CCC(N(C)CCNC2CC2)CC1. The van der Waals surface area contributed by atoms with Crippen molar-refractivity contribution in [2.45, 2.75) is 64.0 Å². The van der Waals surface area contributed by atoms with Crippen LogP contribution in [-0.2, 0) is 0 Å². The van der Waals surface area contributed by atoms with Crippen LogP contribution in [0.3, 0.4) is 0 Å². The van der Waals surface area contributed by atoms with E-state index in [1.54, 1.807) is 0 Å². The lowest BCUT2D eigenvalue weighted by molar-refractivity contribution is 0.164. The number of hydrogen-bond donors (Lipinski definition) is 1. The van der Waals surface area contributed by atoms with E-state index in [0.717, 1.165) is 18.0 Å². The Labute approximate surface area is 101 Å². The molecule has 0 unspecified atom stereocenters. The summed E-state index contributed by atoms with van der Waals surface area (Å²) >= 11 is 0. The lowest BCUT2D eigenvalue weighted by atomic mass is 9.84. The Hall–Kier alpha value is -0.0800. The first-order valence-corrected chi connectivity index (χ1v) is 7.23. The summed E-state index contributed by atoms with van der Waals surface area (Å²) in [5, 5.41) is 3.60. The summed E-state index contributed by atoms with van der Waals surface area (Å²) < 4.78 is 0. The van der Waals surface area contributed by atoms with Gasteiger partial charge in [-0.25, -0.2) is 0 Å². The second-order valence-electron chi connectivity index (χ2n) is 5.79.